The summed E-state index contributed by atoms with van der Waals surface area (Å²) in [6, 6.07) is 4.81. The molecule has 0 bridgehead atoms. The Morgan fingerprint density at radius 3 is 2.58 bits per heavy atom. The van der Waals surface area contributed by atoms with Crippen LogP contribution in [-0.4, -0.2) is 32.2 Å². The molecule has 26 heavy (non-hydrogen) atoms. The van der Waals surface area contributed by atoms with Gasteiger partial charge < -0.3 is 10.3 Å². The number of aromatic nitrogens is 3. The first-order chi connectivity index (χ1) is 12.3. The first-order valence-electron chi connectivity index (χ1n) is 8.09. The predicted octanol–water partition coefficient (Wildman–Crippen LogP) is 3.63. The highest BCUT2D eigenvalue weighted by Gasteiger charge is 2.17. The minimum Gasteiger partial charge on any atom is -0.370 e. The Morgan fingerprint density at radius 1 is 1.23 bits per heavy atom. The average molecular weight is 415 g/mol. The summed E-state index contributed by atoms with van der Waals surface area (Å²) < 4.78 is 1.94. The van der Waals surface area contributed by atoms with Crippen LogP contribution in [0.25, 0.3) is 0 Å². The molecular formula is C17H20Cl2N4O2S. The normalized spacial score (nSPS) is 11.1. The van der Waals surface area contributed by atoms with Crippen molar-refractivity contribution in [3.05, 3.63) is 39.6 Å². The summed E-state index contributed by atoms with van der Waals surface area (Å²) in [4.78, 5) is 23.4. The van der Waals surface area contributed by atoms with E-state index in [0.717, 1.165) is 0 Å². The van der Waals surface area contributed by atoms with Crippen molar-refractivity contribution in [3.8, 4) is 0 Å². The number of nitrogens with zero attached hydrogens (tertiary/aromatic N) is 3. The average Bonchev–Trinajstić information content (AvgIpc) is 2.94. The zero-order chi connectivity index (χ0) is 19.3. The number of primary amides is 1. The lowest BCUT2D eigenvalue weighted by Crippen LogP contribution is -2.15. The second-order valence-corrected chi connectivity index (χ2v) is 7.97. The van der Waals surface area contributed by atoms with E-state index >= 15 is 0 Å². The zero-order valence-corrected chi connectivity index (χ0v) is 16.9. The van der Waals surface area contributed by atoms with Crippen LogP contribution in [0, 0.1) is 5.92 Å². The number of halogens is 2. The summed E-state index contributed by atoms with van der Waals surface area (Å²) in [6.07, 6.45) is 0.638. The molecule has 0 fully saturated rings. The van der Waals surface area contributed by atoms with E-state index in [-0.39, 0.29) is 23.9 Å². The summed E-state index contributed by atoms with van der Waals surface area (Å²) in [7, 11) is 0. The van der Waals surface area contributed by atoms with Crippen molar-refractivity contribution < 1.29 is 9.59 Å². The number of amides is 1. The van der Waals surface area contributed by atoms with Crippen LogP contribution in [0.15, 0.2) is 23.4 Å². The fourth-order valence-corrected chi connectivity index (χ4v) is 3.44. The van der Waals surface area contributed by atoms with Gasteiger partial charge in [-0.05, 0) is 24.1 Å². The topological polar surface area (TPSA) is 90.9 Å². The Bertz CT molecular complexity index is 808. The van der Waals surface area contributed by atoms with Crippen LogP contribution in [-0.2, 0) is 17.8 Å². The molecule has 0 radical (unpaired) electrons. The molecule has 2 aromatic rings. The van der Waals surface area contributed by atoms with E-state index < -0.39 is 0 Å². The van der Waals surface area contributed by atoms with Crippen LogP contribution < -0.4 is 5.73 Å². The standard InChI is InChI=1S/C17H20Cl2N4O2S/c1-10(2)8-23-16(6-5-15(20)25)21-22-17(23)26-9-14(24)11-3-4-12(18)13(19)7-11/h3-4,7,10H,5-6,8-9H2,1-2H3,(H2,20,25). The van der Waals surface area contributed by atoms with Crippen molar-refractivity contribution in [3.63, 3.8) is 0 Å². The van der Waals surface area contributed by atoms with Gasteiger partial charge in [-0.3, -0.25) is 9.59 Å². The van der Waals surface area contributed by atoms with Crippen molar-refractivity contribution >= 4 is 46.7 Å². The molecular weight excluding hydrogens is 395 g/mol. The first kappa shape index (κ1) is 20.7. The monoisotopic (exact) mass is 414 g/mol. The van der Waals surface area contributed by atoms with Gasteiger partial charge in [-0.2, -0.15) is 0 Å². The van der Waals surface area contributed by atoms with Gasteiger partial charge in [-0.1, -0.05) is 48.8 Å². The third-order valence-electron chi connectivity index (χ3n) is 3.51. The largest absolute Gasteiger partial charge is 0.370 e. The van der Waals surface area contributed by atoms with Crippen LogP contribution in [0.2, 0.25) is 10.0 Å². The lowest BCUT2D eigenvalue weighted by Gasteiger charge is -2.12. The molecule has 2 rings (SSSR count). The first-order valence-corrected chi connectivity index (χ1v) is 9.83. The lowest BCUT2D eigenvalue weighted by molar-refractivity contribution is -0.118. The van der Waals surface area contributed by atoms with E-state index in [1.807, 2.05) is 4.57 Å². The molecule has 0 atom stereocenters. The smallest absolute Gasteiger partial charge is 0.217 e. The highest BCUT2D eigenvalue weighted by molar-refractivity contribution is 7.99. The van der Waals surface area contributed by atoms with Gasteiger partial charge in [0.1, 0.15) is 5.82 Å². The molecule has 9 heteroatoms. The number of carbonyl (C=O) groups is 2. The molecule has 0 aliphatic heterocycles. The van der Waals surface area contributed by atoms with Gasteiger partial charge in [-0.15, -0.1) is 10.2 Å². The molecule has 6 nitrogen and oxygen atoms in total. The van der Waals surface area contributed by atoms with E-state index in [1.165, 1.54) is 11.8 Å². The number of thioether (sulfide) groups is 1. The number of nitrogens with two attached hydrogens (primary N) is 1. The van der Waals surface area contributed by atoms with Gasteiger partial charge in [0.2, 0.25) is 5.91 Å². The summed E-state index contributed by atoms with van der Waals surface area (Å²) in [5, 5.41) is 9.72. The molecule has 1 aromatic heterocycles. The fourth-order valence-electron chi connectivity index (χ4n) is 2.28. The van der Waals surface area contributed by atoms with Crippen LogP contribution in [0.5, 0.6) is 0 Å². The second-order valence-electron chi connectivity index (χ2n) is 6.21. The number of hydrogen-bond donors (Lipinski definition) is 1. The quantitative estimate of drug-likeness (QED) is 0.499. The Labute approximate surface area is 166 Å². The molecule has 140 valence electrons. The molecule has 0 saturated carbocycles. The molecule has 0 saturated heterocycles. The highest BCUT2D eigenvalue weighted by Crippen LogP contribution is 2.25. The molecule has 0 unspecified atom stereocenters. The van der Waals surface area contributed by atoms with Crippen molar-refractivity contribution in [2.45, 2.75) is 38.4 Å². The van der Waals surface area contributed by atoms with E-state index in [9.17, 15) is 9.59 Å². The van der Waals surface area contributed by atoms with Crippen molar-refractivity contribution in [2.24, 2.45) is 11.7 Å². The van der Waals surface area contributed by atoms with E-state index in [4.69, 9.17) is 28.9 Å². The summed E-state index contributed by atoms with van der Waals surface area (Å²) in [6.45, 7) is 4.85. The van der Waals surface area contributed by atoms with Crippen LogP contribution in [0.3, 0.4) is 0 Å². The van der Waals surface area contributed by atoms with Gasteiger partial charge in [0.15, 0.2) is 10.9 Å². The van der Waals surface area contributed by atoms with Gasteiger partial charge in [0, 0.05) is 24.9 Å². The molecule has 0 aliphatic rings. The number of benzene rings is 1. The molecule has 1 heterocycles. The molecule has 2 N–H and O–H groups in total. The van der Waals surface area contributed by atoms with Crippen LogP contribution in [0.4, 0.5) is 0 Å². The summed E-state index contributed by atoms with van der Waals surface area (Å²) >= 11 is 13.1. The second kappa shape index (κ2) is 9.39. The molecule has 1 aromatic carbocycles. The van der Waals surface area contributed by atoms with Crippen LogP contribution >= 0.6 is 35.0 Å². The third-order valence-corrected chi connectivity index (χ3v) is 5.22. The van der Waals surface area contributed by atoms with Crippen molar-refractivity contribution in [2.75, 3.05) is 5.75 Å². The number of Topliss-reactive ketones (excluding diaryl/α,β-unsaturated/α-hetero) is 1. The van der Waals surface area contributed by atoms with Gasteiger partial charge in [-0.25, -0.2) is 0 Å². The Kier molecular flexibility index (Phi) is 7.49. The fraction of sp³-hybridized carbons (Fsp3) is 0.412. The molecule has 1 amide bonds. The Balaban J connectivity index is 2.11. The maximum atomic E-state index is 12.4. The van der Waals surface area contributed by atoms with Gasteiger partial charge in [0.05, 0.1) is 15.8 Å². The maximum Gasteiger partial charge on any atom is 0.217 e. The third kappa shape index (κ3) is 5.72. The SMILES string of the molecule is CC(C)Cn1c(CCC(N)=O)nnc1SCC(=O)c1ccc(Cl)c(Cl)c1. The van der Waals surface area contributed by atoms with Crippen LogP contribution in [0.1, 0.15) is 36.5 Å². The maximum absolute atomic E-state index is 12.4. The Morgan fingerprint density at radius 2 is 1.96 bits per heavy atom. The lowest BCUT2D eigenvalue weighted by atomic mass is 10.1. The van der Waals surface area contributed by atoms with Crippen molar-refractivity contribution in [1.82, 2.24) is 14.8 Å². The van der Waals surface area contributed by atoms with E-state index in [1.54, 1.807) is 18.2 Å². The number of rotatable bonds is 9. The molecule has 0 aliphatic carbocycles. The number of carbonyl (C=O) groups excluding carboxylic acids is 2. The van der Waals surface area contributed by atoms with Crippen molar-refractivity contribution in [1.29, 1.82) is 0 Å². The highest BCUT2D eigenvalue weighted by atomic mass is 35.5. The molecule has 0 spiro atoms. The zero-order valence-electron chi connectivity index (χ0n) is 14.5. The minimum absolute atomic E-state index is 0.0775. The summed E-state index contributed by atoms with van der Waals surface area (Å²) in [5.74, 6) is 0.800. The number of ketones is 1. The van der Waals surface area contributed by atoms with E-state index in [2.05, 4.69) is 24.0 Å². The van der Waals surface area contributed by atoms with Gasteiger partial charge >= 0.3 is 0 Å². The summed E-state index contributed by atoms with van der Waals surface area (Å²) in [5.41, 5.74) is 5.71. The predicted molar refractivity (Wildman–Crippen MR) is 104 cm³/mol. The number of aryl methyl sites for hydroxylation is 1. The van der Waals surface area contributed by atoms with Gasteiger partial charge in [0.25, 0.3) is 0 Å². The Hall–Kier alpha value is -1.57. The van der Waals surface area contributed by atoms with E-state index in [0.29, 0.717) is 45.5 Å². The number of hydrogen-bond acceptors (Lipinski definition) is 5. The minimum atomic E-state index is -0.381.